The van der Waals surface area contributed by atoms with Crippen LogP contribution in [0, 0.1) is 0 Å². The highest BCUT2D eigenvalue weighted by molar-refractivity contribution is 9.10. The number of esters is 1. The topological polar surface area (TPSA) is 46.5 Å². The lowest BCUT2D eigenvalue weighted by Gasteiger charge is -2.21. The van der Waals surface area contributed by atoms with Gasteiger partial charge in [0, 0.05) is 0 Å². The van der Waals surface area contributed by atoms with Crippen molar-refractivity contribution in [2.24, 2.45) is 0 Å². The molecule has 0 rings (SSSR count). The van der Waals surface area contributed by atoms with Crippen LogP contribution in [-0.2, 0) is 9.53 Å². The molecule has 60 valence electrons. The maximum absolute atomic E-state index is 10.8. The molecular weight excluding hydrogens is 200 g/mol. The van der Waals surface area contributed by atoms with Crippen molar-refractivity contribution >= 4 is 21.9 Å². The van der Waals surface area contributed by atoms with Gasteiger partial charge in [-0.15, -0.1) is 0 Å². The van der Waals surface area contributed by atoms with Crippen LogP contribution < -0.4 is 0 Å². The molecule has 0 aliphatic rings. The lowest BCUT2D eigenvalue weighted by atomic mass is 10.1. The minimum atomic E-state index is -0.984. The molecule has 0 aliphatic heterocycles. The number of methoxy groups -OCH3 is 1. The highest BCUT2D eigenvalue weighted by Gasteiger charge is 2.36. The van der Waals surface area contributed by atoms with E-state index < -0.39 is 16.4 Å². The number of aliphatic hydroxyl groups excluding tert-OH is 1. The number of halogens is 1. The summed E-state index contributed by atoms with van der Waals surface area (Å²) in [5.74, 6) is -0.470. The third kappa shape index (κ3) is 1.95. The normalized spacial score (nSPS) is 19.3. The van der Waals surface area contributed by atoms with Gasteiger partial charge in [-0.2, -0.15) is 0 Å². The van der Waals surface area contributed by atoms with E-state index in [1.54, 1.807) is 6.92 Å². The molecule has 2 atom stereocenters. The molecule has 0 saturated heterocycles. The van der Waals surface area contributed by atoms with E-state index in [1.807, 2.05) is 0 Å². The number of alkyl halides is 1. The zero-order valence-electron chi connectivity index (χ0n) is 6.22. The highest BCUT2D eigenvalue weighted by atomic mass is 79.9. The largest absolute Gasteiger partial charge is 0.468 e. The third-order valence-electron chi connectivity index (χ3n) is 1.37. The van der Waals surface area contributed by atoms with E-state index in [9.17, 15) is 4.79 Å². The molecule has 0 heterocycles. The Hall–Kier alpha value is -0.0900. The molecule has 0 fully saturated rings. The summed E-state index contributed by atoms with van der Waals surface area (Å²) in [6.45, 7) is 3.08. The van der Waals surface area contributed by atoms with Gasteiger partial charge < -0.3 is 9.84 Å². The van der Waals surface area contributed by atoms with Crippen molar-refractivity contribution in [2.45, 2.75) is 24.3 Å². The summed E-state index contributed by atoms with van der Waals surface area (Å²) in [6.07, 6.45) is -0.764. The van der Waals surface area contributed by atoms with Crippen molar-refractivity contribution < 1.29 is 14.6 Å². The molecule has 0 aromatic heterocycles. The molecular formula is C6H11BrO3. The van der Waals surface area contributed by atoms with Crippen LogP contribution in [0.5, 0.6) is 0 Å². The number of hydrogen-bond donors (Lipinski definition) is 1. The number of rotatable bonds is 2. The minimum absolute atomic E-state index is 0.470. The van der Waals surface area contributed by atoms with Crippen molar-refractivity contribution in [3.8, 4) is 0 Å². The Balaban J connectivity index is 4.24. The van der Waals surface area contributed by atoms with Gasteiger partial charge in [-0.1, -0.05) is 15.9 Å². The monoisotopic (exact) mass is 210 g/mol. The SMILES string of the molecule is COC(=O)[C@@](C)(Br)[C@@H](C)O. The molecule has 0 amide bonds. The molecule has 0 bridgehead atoms. The predicted octanol–water partition coefficient (Wildman–Crippen LogP) is 0.694. The molecule has 10 heavy (non-hydrogen) atoms. The van der Waals surface area contributed by atoms with Gasteiger partial charge in [0.15, 0.2) is 0 Å². The van der Waals surface area contributed by atoms with Gasteiger partial charge in [0.2, 0.25) is 0 Å². The van der Waals surface area contributed by atoms with Crippen molar-refractivity contribution in [1.82, 2.24) is 0 Å². The molecule has 0 radical (unpaired) electrons. The van der Waals surface area contributed by atoms with Crippen LogP contribution in [0.2, 0.25) is 0 Å². The van der Waals surface area contributed by atoms with E-state index >= 15 is 0 Å². The van der Waals surface area contributed by atoms with Crippen LogP contribution in [0.15, 0.2) is 0 Å². The van der Waals surface area contributed by atoms with Gasteiger partial charge in [-0.25, -0.2) is 0 Å². The average Bonchev–Trinajstić information content (AvgIpc) is 1.86. The fraction of sp³-hybridized carbons (Fsp3) is 0.833. The molecule has 0 spiro atoms. The van der Waals surface area contributed by atoms with Gasteiger partial charge in [-0.05, 0) is 13.8 Å². The van der Waals surface area contributed by atoms with Crippen molar-refractivity contribution in [3.05, 3.63) is 0 Å². The molecule has 0 unspecified atom stereocenters. The first kappa shape index (κ1) is 9.91. The van der Waals surface area contributed by atoms with Crippen molar-refractivity contribution in [2.75, 3.05) is 7.11 Å². The zero-order valence-corrected chi connectivity index (χ0v) is 7.81. The first-order valence-electron chi connectivity index (χ1n) is 2.88. The van der Waals surface area contributed by atoms with E-state index in [1.165, 1.54) is 14.0 Å². The van der Waals surface area contributed by atoms with E-state index in [2.05, 4.69) is 20.7 Å². The second-order valence-corrected chi connectivity index (χ2v) is 3.89. The molecule has 4 heteroatoms. The van der Waals surface area contributed by atoms with Crippen LogP contribution in [0.4, 0.5) is 0 Å². The summed E-state index contributed by atoms with van der Waals surface area (Å²) in [5, 5.41) is 9.03. The Morgan fingerprint density at radius 3 is 2.30 bits per heavy atom. The van der Waals surface area contributed by atoms with E-state index in [4.69, 9.17) is 5.11 Å². The molecule has 1 N–H and O–H groups in total. The van der Waals surface area contributed by atoms with E-state index in [0.717, 1.165) is 0 Å². The molecule has 0 aromatic rings. The molecule has 0 aromatic carbocycles. The Kier molecular flexibility index (Phi) is 3.31. The maximum Gasteiger partial charge on any atom is 0.324 e. The summed E-state index contributed by atoms with van der Waals surface area (Å²) in [7, 11) is 1.28. The third-order valence-corrected chi connectivity index (χ3v) is 2.36. The first-order chi connectivity index (χ1) is 4.42. The number of hydrogen-bond acceptors (Lipinski definition) is 3. The first-order valence-corrected chi connectivity index (χ1v) is 3.67. The van der Waals surface area contributed by atoms with Gasteiger partial charge in [-0.3, -0.25) is 4.79 Å². The maximum atomic E-state index is 10.8. The Morgan fingerprint density at radius 2 is 2.20 bits per heavy atom. The van der Waals surface area contributed by atoms with Crippen LogP contribution >= 0.6 is 15.9 Å². The Morgan fingerprint density at radius 1 is 1.80 bits per heavy atom. The summed E-state index contributed by atoms with van der Waals surface area (Å²) >= 11 is 3.05. The van der Waals surface area contributed by atoms with Gasteiger partial charge >= 0.3 is 5.97 Å². The van der Waals surface area contributed by atoms with Gasteiger partial charge in [0.1, 0.15) is 4.32 Å². The average molecular weight is 211 g/mol. The summed E-state index contributed by atoms with van der Waals surface area (Å²) < 4.78 is 3.45. The number of aliphatic hydroxyl groups is 1. The minimum Gasteiger partial charge on any atom is -0.468 e. The second-order valence-electron chi connectivity index (χ2n) is 2.24. The number of carbonyl (C=O) groups is 1. The number of ether oxygens (including phenoxy) is 1. The van der Waals surface area contributed by atoms with Crippen molar-refractivity contribution in [3.63, 3.8) is 0 Å². The summed E-state index contributed by atoms with van der Waals surface area (Å²) in [6, 6.07) is 0. The summed E-state index contributed by atoms with van der Waals surface area (Å²) in [5.41, 5.74) is 0. The van der Waals surface area contributed by atoms with E-state index in [-0.39, 0.29) is 0 Å². The smallest absolute Gasteiger partial charge is 0.324 e. The van der Waals surface area contributed by atoms with Crippen molar-refractivity contribution in [1.29, 1.82) is 0 Å². The lowest BCUT2D eigenvalue weighted by molar-refractivity contribution is -0.145. The fourth-order valence-electron chi connectivity index (χ4n) is 0.370. The highest BCUT2D eigenvalue weighted by Crippen LogP contribution is 2.22. The molecule has 0 saturated carbocycles. The fourth-order valence-corrected chi connectivity index (χ4v) is 0.532. The Bertz CT molecular complexity index is 131. The van der Waals surface area contributed by atoms with Crippen LogP contribution in [0.3, 0.4) is 0 Å². The zero-order chi connectivity index (χ0) is 8.36. The molecule has 3 nitrogen and oxygen atoms in total. The second kappa shape index (κ2) is 3.34. The quantitative estimate of drug-likeness (QED) is 0.540. The van der Waals surface area contributed by atoms with E-state index in [0.29, 0.717) is 0 Å². The van der Waals surface area contributed by atoms with Gasteiger partial charge in [0.05, 0.1) is 13.2 Å². The van der Waals surface area contributed by atoms with Crippen LogP contribution in [-0.4, -0.2) is 28.6 Å². The standard InChI is InChI=1S/C6H11BrO3/c1-4(8)6(2,7)5(9)10-3/h4,8H,1-3H3/t4-,6+/m1/s1. The van der Waals surface area contributed by atoms with Gasteiger partial charge in [0.25, 0.3) is 0 Å². The number of carbonyl (C=O) groups excluding carboxylic acids is 1. The lowest BCUT2D eigenvalue weighted by Crippen LogP contribution is -2.40. The van der Waals surface area contributed by atoms with Crippen LogP contribution in [0.25, 0.3) is 0 Å². The predicted molar refractivity (Wildman–Crippen MR) is 41.0 cm³/mol. The van der Waals surface area contributed by atoms with Crippen LogP contribution in [0.1, 0.15) is 13.8 Å². The Labute approximate surface area is 68.5 Å². The summed E-state index contributed by atoms with van der Waals surface area (Å²) in [4.78, 5) is 10.8. The molecule has 0 aliphatic carbocycles.